The predicted molar refractivity (Wildman–Crippen MR) is 80.4 cm³/mol. The van der Waals surface area contributed by atoms with Gasteiger partial charge in [-0.3, -0.25) is 4.98 Å². The molecule has 0 bridgehead atoms. The van der Waals surface area contributed by atoms with Gasteiger partial charge in [0.05, 0.1) is 5.56 Å². The van der Waals surface area contributed by atoms with Crippen molar-refractivity contribution in [2.75, 3.05) is 0 Å². The molecule has 122 valence electrons. The van der Waals surface area contributed by atoms with Crippen LogP contribution in [-0.2, 0) is 4.84 Å². The summed E-state index contributed by atoms with van der Waals surface area (Å²) in [4.78, 5) is 9.25. The van der Waals surface area contributed by atoms with Crippen molar-refractivity contribution in [1.29, 1.82) is 0 Å². The Morgan fingerprint density at radius 1 is 1.13 bits per heavy atom. The van der Waals surface area contributed by atoms with Gasteiger partial charge in [0, 0.05) is 12.3 Å². The number of pyridine rings is 1. The number of halogens is 2. The molecule has 0 unspecified atom stereocenters. The smallest absolute Gasteiger partial charge is 0.162 e. The molecule has 0 amide bonds. The molecule has 0 aliphatic carbocycles. The summed E-state index contributed by atoms with van der Waals surface area (Å²) in [5.74, 6) is -3.16. The third kappa shape index (κ3) is 3.94. The molecule has 23 heavy (non-hydrogen) atoms. The van der Waals surface area contributed by atoms with Crippen molar-refractivity contribution in [3.05, 3.63) is 53.4 Å². The zero-order chi connectivity index (χ0) is 17.2. The average Bonchev–Trinajstić information content (AvgIpc) is 2.45. The summed E-state index contributed by atoms with van der Waals surface area (Å²) in [6, 6.07) is 4.24. The van der Waals surface area contributed by atoms with Crippen LogP contribution < -0.4 is 0 Å². The lowest BCUT2D eigenvalue weighted by atomic mass is 10.0. The standard InChI is InChI=1S/C16H16F2N2O3/c1-16(2,3)23-20-14(15-12(21)5-4-6-19-15)9-7-10(17)11(18)8-13(9)22/h4-8,21-22H,1-3H3. The number of phenols is 1. The maximum Gasteiger partial charge on any atom is 0.162 e. The Kier molecular flexibility index (Phi) is 4.49. The third-order valence-corrected chi connectivity index (χ3v) is 2.72. The van der Waals surface area contributed by atoms with E-state index >= 15 is 0 Å². The van der Waals surface area contributed by atoms with Gasteiger partial charge >= 0.3 is 0 Å². The van der Waals surface area contributed by atoms with Crippen LogP contribution in [0.1, 0.15) is 32.0 Å². The van der Waals surface area contributed by atoms with Gasteiger partial charge < -0.3 is 15.1 Å². The SMILES string of the molecule is CC(C)(C)ON=C(c1cc(F)c(F)cc1O)c1ncccc1O. The lowest BCUT2D eigenvalue weighted by Crippen LogP contribution is -2.18. The number of benzene rings is 1. The van der Waals surface area contributed by atoms with Gasteiger partial charge in [-0.15, -0.1) is 0 Å². The maximum absolute atomic E-state index is 13.5. The van der Waals surface area contributed by atoms with Crippen LogP contribution in [0, 0.1) is 11.6 Å². The van der Waals surface area contributed by atoms with Crippen molar-refractivity contribution in [2.45, 2.75) is 26.4 Å². The van der Waals surface area contributed by atoms with Crippen LogP contribution in [0.15, 0.2) is 35.6 Å². The van der Waals surface area contributed by atoms with Crippen LogP contribution >= 0.6 is 0 Å². The Morgan fingerprint density at radius 3 is 2.39 bits per heavy atom. The van der Waals surface area contributed by atoms with E-state index in [-0.39, 0.29) is 22.7 Å². The zero-order valence-corrected chi connectivity index (χ0v) is 12.8. The van der Waals surface area contributed by atoms with Gasteiger partial charge in [0.1, 0.15) is 28.5 Å². The molecule has 0 radical (unpaired) electrons. The normalized spacial score (nSPS) is 12.3. The minimum Gasteiger partial charge on any atom is -0.507 e. The number of hydrogen-bond acceptors (Lipinski definition) is 5. The Morgan fingerprint density at radius 2 is 1.78 bits per heavy atom. The minimum atomic E-state index is -1.20. The van der Waals surface area contributed by atoms with Crippen molar-refractivity contribution in [2.24, 2.45) is 5.16 Å². The van der Waals surface area contributed by atoms with Crippen molar-refractivity contribution in [1.82, 2.24) is 4.98 Å². The number of hydrogen-bond donors (Lipinski definition) is 2. The molecule has 5 nitrogen and oxygen atoms in total. The van der Waals surface area contributed by atoms with Crippen molar-refractivity contribution in [3.8, 4) is 11.5 Å². The molecule has 1 aromatic carbocycles. The number of nitrogens with zero attached hydrogens (tertiary/aromatic N) is 2. The van der Waals surface area contributed by atoms with E-state index in [4.69, 9.17) is 4.84 Å². The van der Waals surface area contributed by atoms with Crippen LogP contribution in [-0.4, -0.2) is 26.5 Å². The van der Waals surface area contributed by atoms with E-state index in [2.05, 4.69) is 10.1 Å². The summed E-state index contributed by atoms with van der Waals surface area (Å²) >= 11 is 0. The predicted octanol–water partition coefficient (Wildman–Crippen LogP) is 3.34. The lowest BCUT2D eigenvalue weighted by molar-refractivity contribution is 0.00108. The molecule has 2 rings (SSSR count). The van der Waals surface area contributed by atoms with E-state index in [9.17, 15) is 19.0 Å². The fraction of sp³-hybridized carbons (Fsp3) is 0.250. The molecule has 0 spiro atoms. The van der Waals surface area contributed by atoms with Gasteiger partial charge in [0.25, 0.3) is 0 Å². The quantitative estimate of drug-likeness (QED) is 0.671. The van der Waals surface area contributed by atoms with Crippen LogP contribution in [0.4, 0.5) is 8.78 Å². The largest absolute Gasteiger partial charge is 0.507 e. The molecule has 0 aliphatic heterocycles. The van der Waals surface area contributed by atoms with E-state index < -0.39 is 23.0 Å². The number of oxime groups is 1. The molecule has 1 heterocycles. The van der Waals surface area contributed by atoms with Gasteiger partial charge in [0.15, 0.2) is 11.6 Å². The second-order valence-corrected chi connectivity index (χ2v) is 5.80. The highest BCUT2D eigenvalue weighted by atomic mass is 19.2. The molecular weight excluding hydrogens is 306 g/mol. The van der Waals surface area contributed by atoms with E-state index in [1.54, 1.807) is 20.8 Å². The average molecular weight is 322 g/mol. The molecule has 0 fully saturated rings. The van der Waals surface area contributed by atoms with Gasteiger partial charge in [-0.25, -0.2) is 8.78 Å². The van der Waals surface area contributed by atoms with Crippen LogP contribution in [0.5, 0.6) is 11.5 Å². The molecule has 0 aliphatic rings. The number of aromatic hydroxyl groups is 2. The number of rotatable bonds is 3. The Labute approximate surface area is 131 Å². The summed E-state index contributed by atoms with van der Waals surface area (Å²) in [6.07, 6.45) is 1.39. The first kappa shape index (κ1) is 16.7. The van der Waals surface area contributed by atoms with E-state index in [1.165, 1.54) is 18.3 Å². The maximum atomic E-state index is 13.5. The summed E-state index contributed by atoms with van der Waals surface area (Å²) < 4.78 is 26.8. The highest BCUT2D eigenvalue weighted by Crippen LogP contribution is 2.27. The number of aromatic nitrogens is 1. The van der Waals surface area contributed by atoms with E-state index in [0.29, 0.717) is 6.07 Å². The highest BCUT2D eigenvalue weighted by molar-refractivity contribution is 6.14. The minimum absolute atomic E-state index is 0.0296. The number of phenolic OH excluding ortho intramolecular Hbond substituents is 1. The molecule has 0 saturated carbocycles. The molecular formula is C16H16F2N2O3. The first-order valence-electron chi connectivity index (χ1n) is 6.78. The molecule has 2 N–H and O–H groups in total. The van der Waals surface area contributed by atoms with Crippen molar-refractivity contribution in [3.63, 3.8) is 0 Å². The lowest BCUT2D eigenvalue weighted by Gasteiger charge is -2.17. The van der Waals surface area contributed by atoms with Gasteiger partial charge in [-0.05, 0) is 39.0 Å². The van der Waals surface area contributed by atoms with Crippen LogP contribution in [0.3, 0.4) is 0 Å². The van der Waals surface area contributed by atoms with Crippen LogP contribution in [0.25, 0.3) is 0 Å². The van der Waals surface area contributed by atoms with Crippen LogP contribution in [0.2, 0.25) is 0 Å². The molecule has 7 heteroatoms. The second kappa shape index (κ2) is 6.20. The zero-order valence-electron chi connectivity index (χ0n) is 12.8. The van der Waals surface area contributed by atoms with Crippen molar-refractivity contribution < 1.29 is 23.8 Å². The third-order valence-electron chi connectivity index (χ3n) is 2.72. The Hall–Kier alpha value is -2.70. The fourth-order valence-electron chi connectivity index (χ4n) is 1.71. The molecule has 2 aromatic rings. The van der Waals surface area contributed by atoms with E-state index in [0.717, 1.165) is 6.07 Å². The van der Waals surface area contributed by atoms with Crippen molar-refractivity contribution >= 4 is 5.71 Å². The monoisotopic (exact) mass is 322 g/mol. The highest BCUT2D eigenvalue weighted by Gasteiger charge is 2.21. The van der Waals surface area contributed by atoms with E-state index in [1.807, 2.05) is 0 Å². The molecule has 1 aromatic heterocycles. The summed E-state index contributed by atoms with van der Waals surface area (Å²) in [6.45, 7) is 5.20. The Balaban J connectivity index is 2.64. The van der Waals surface area contributed by atoms with Gasteiger partial charge in [-0.1, -0.05) is 5.16 Å². The second-order valence-electron chi connectivity index (χ2n) is 5.80. The Bertz CT molecular complexity index is 755. The van der Waals surface area contributed by atoms with Gasteiger partial charge in [0.2, 0.25) is 0 Å². The first-order valence-corrected chi connectivity index (χ1v) is 6.78. The topological polar surface area (TPSA) is 74.9 Å². The first-order chi connectivity index (χ1) is 10.7. The fourth-order valence-corrected chi connectivity index (χ4v) is 1.71. The van der Waals surface area contributed by atoms with Gasteiger partial charge in [-0.2, -0.15) is 0 Å². The summed E-state index contributed by atoms with van der Waals surface area (Å²) in [5.41, 5.74) is -0.973. The summed E-state index contributed by atoms with van der Waals surface area (Å²) in [5, 5.41) is 23.7. The summed E-state index contributed by atoms with van der Waals surface area (Å²) in [7, 11) is 0. The molecule has 0 saturated heterocycles. The molecule has 0 atom stereocenters.